The van der Waals surface area contributed by atoms with Gasteiger partial charge in [0.05, 0.1) is 0 Å². The fourth-order valence-corrected chi connectivity index (χ4v) is 2.40. The zero-order chi connectivity index (χ0) is 14.3. The van der Waals surface area contributed by atoms with E-state index in [-0.39, 0.29) is 0 Å². The van der Waals surface area contributed by atoms with Crippen molar-refractivity contribution < 1.29 is 0 Å². The number of hydrogen-bond donors (Lipinski definition) is 5. The van der Waals surface area contributed by atoms with E-state index in [0.29, 0.717) is 6.04 Å². The number of rotatable bonds is 6. The van der Waals surface area contributed by atoms with Crippen molar-refractivity contribution >= 4 is 0 Å². The second kappa shape index (κ2) is 13.8. The normalized spacial score (nSPS) is 23.6. The maximum atomic E-state index is 3.64. The van der Waals surface area contributed by atoms with Crippen LogP contribution in [0.25, 0.3) is 0 Å². The maximum Gasteiger partial charge on any atom is 0.0318 e. The minimum Gasteiger partial charge on any atom is -0.315 e. The van der Waals surface area contributed by atoms with Crippen molar-refractivity contribution in [3.63, 3.8) is 0 Å². The molecule has 1 saturated heterocycles. The molecule has 1 unspecified atom stereocenters. The van der Waals surface area contributed by atoms with Crippen LogP contribution in [0.2, 0.25) is 0 Å². The fraction of sp³-hybridized carbons (Fsp3) is 1.00. The molecular formula is C15H35N5. The molecule has 0 aromatic rings. The van der Waals surface area contributed by atoms with Crippen LogP contribution < -0.4 is 26.6 Å². The summed E-state index contributed by atoms with van der Waals surface area (Å²) in [6.07, 6.45) is 5.13. The van der Waals surface area contributed by atoms with Gasteiger partial charge in [0, 0.05) is 45.3 Å². The molecule has 0 amide bonds. The molecule has 0 saturated carbocycles. The molecule has 0 spiro atoms. The molecule has 1 atom stereocenters. The molecule has 0 aliphatic carbocycles. The molecule has 0 radical (unpaired) electrons. The lowest BCUT2D eigenvalue weighted by Gasteiger charge is -2.20. The number of nitrogens with one attached hydrogen (secondary N) is 5. The molecule has 5 heteroatoms. The van der Waals surface area contributed by atoms with Gasteiger partial charge in [-0.3, -0.25) is 0 Å². The van der Waals surface area contributed by atoms with Gasteiger partial charge in [-0.1, -0.05) is 19.8 Å². The Morgan fingerprint density at radius 2 is 1.65 bits per heavy atom. The van der Waals surface area contributed by atoms with Crippen molar-refractivity contribution in [1.82, 2.24) is 26.6 Å². The van der Waals surface area contributed by atoms with Gasteiger partial charge < -0.3 is 26.6 Å². The Hall–Kier alpha value is -0.200. The first-order valence-electron chi connectivity index (χ1n) is 8.49. The zero-order valence-electron chi connectivity index (χ0n) is 13.3. The molecule has 1 fully saturated rings. The summed E-state index contributed by atoms with van der Waals surface area (Å²) in [4.78, 5) is 0. The van der Waals surface area contributed by atoms with Crippen LogP contribution in [0.15, 0.2) is 0 Å². The summed E-state index contributed by atoms with van der Waals surface area (Å²) < 4.78 is 0. The Kier molecular flexibility index (Phi) is 12.3. The highest BCUT2D eigenvalue weighted by molar-refractivity contribution is 4.73. The predicted octanol–water partition coefficient (Wildman–Crippen LogP) is -0.103. The van der Waals surface area contributed by atoms with Crippen LogP contribution in [0.5, 0.6) is 0 Å². The summed E-state index contributed by atoms with van der Waals surface area (Å²) in [6.45, 7) is 12.0. The van der Waals surface area contributed by atoms with Crippen LogP contribution in [0.4, 0.5) is 0 Å². The third-order valence-corrected chi connectivity index (χ3v) is 3.66. The van der Waals surface area contributed by atoms with Crippen LogP contribution in [0, 0.1) is 0 Å². The Morgan fingerprint density at radius 1 is 0.900 bits per heavy atom. The topological polar surface area (TPSA) is 60.1 Å². The lowest BCUT2D eigenvalue weighted by molar-refractivity contribution is 0.440. The molecule has 0 aromatic carbocycles. The zero-order valence-corrected chi connectivity index (χ0v) is 13.3. The summed E-state index contributed by atoms with van der Waals surface area (Å²) in [5, 5.41) is 17.7. The second-order valence-corrected chi connectivity index (χ2v) is 5.62. The molecule has 20 heavy (non-hydrogen) atoms. The second-order valence-electron chi connectivity index (χ2n) is 5.62. The van der Waals surface area contributed by atoms with E-state index < -0.39 is 0 Å². The summed E-state index contributed by atoms with van der Waals surface area (Å²) in [6, 6.07) is 0.527. The van der Waals surface area contributed by atoms with Crippen LogP contribution in [-0.4, -0.2) is 64.9 Å². The Balaban J connectivity index is 2.14. The van der Waals surface area contributed by atoms with Crippen LogP contribution in [0.1, 0.15) is 32.6 Å². The molecule has 1 rings (SSSR count). The van der Waals surface area contributed by atoms with Gasteiger partial charge in [-0.05, 0) is 32.5 Å². The van der Waals surface area contributed by atoms with Gasteiger partial charge >= 0.3 is 0 Å². The van der Waals surface area contributed by atoms with E-state index >= 15 is 0 Å². The van der Waals surface area contributed by atoms with Crippen LogP contribution >= 0.6 is 0 Å². The van der Waals surface area contributed by atoms with Crippen molar-refractivity contribution in [1.29, 1.82) is 0 Å². The molecule has 1 aliphatic heterocycles. The molecule has 5 nitrogen and oxygen atoms in total. The van der Waals surface area contributed by atoms with E-state index in [1.165, 1.54) is 25.7 Å². The van der Waals surface area contributed by atoms with Crippen molar-refractivity contribution in [3.05, 3.63) is 0 Å². The molecule has 0 bridgehead atoms. The average Bonchev–Trinajstić information content (AvgIpc) is 2.49. The van der Waals surface area contributed by atoms with Crippen molar-refractivity contribution in [2.75, 3.05) is 58.9 Å². The Labute approximate surface area is 125 Å². The highest BCUT2D eigenvalue weighted by Gasteiger charge is 2.07. The van der Waals surface area contributed by atoms with Gasteiger partial charge in [-0.25, -0.2) is 0 Å². The fourth-order valence-electron chi connectivity index (χ4n) is 2.40. The maximum absolute atomic E-state index is 3.64. The monoisotopic (exact) mass is 285 g/mol. The standard InChI is InChI=1S/C15H35N5/c1-2-3-4-6-18-13-15-14-19-10-9-16-7-5-8-17-11-12-20-15/h15-20H,2-14H2,1H3. The highest BCUT2D eigenvalue weighted by Crippen LogP contribution is 1.91. The summed E-state index contributed by atoms with van der Waals surface area (Å²) >= 11 is 0. The third kappa shape index (κ3) is 10.6. The first-order valence-corrected chi connectivity index (χ1v) is 8.49. The number of unbranched alkanes of at least 4 members (excludes halogenated alkanes) is 2. The van der Waals surface area contributed by atoms with Gasteiger partial charge in [0.2, 0.25) is 0 Å². The molecule has 5 N–H and O–H groups in total. The third-order valence-electron chi connectivity index (χ3n) is 3.66. The minimum absolute atomic E-state index is 0.527. The van der Waals surface area contributed by atoms with Gasteiger partial charge in [0.1, 0.15) is 0 Å². The molecule has 120 valence electrons. The molecule has 1 aliphatic rings. The first-order chi connectivity index (χ1) is 9.93. The van der Waals surface area contributed by atoms with E-state index in [1.54, 1.807) is 0 Å². The van der Waals surface area contributed by atoms with Crippen molar-refractivity contribution in [2.45, 2.75) is 38.6 Å². The summed E-state index contributed by atoms with van der Waals surface area (Å²) in [5.74, 6) is 0. The van der Waals surface area contributed by atoms with Crippen molar-refractivity contribution in [3.8, 4) is 0 Å². The first kappa shape index (κ1) is 17.9. The van der Waals surface area contributed by atoms with Gasteiger partial charge in [0.15, 0.2) is 0 Å². The van der Waals surface area contributed by atoms with Gasteiger partial charge in [-0.15, -0.1) is 0 Å². The van der Waals surface area contributed by atoms with E-state index in [0.717, 1.165) is 58.9 Å². The van der Waals surface area contributed by atoms with E-state index in [2.05, 4.69) is 33.5 Å². The molecule has 1 heterocycles. The predicted molar refractivity (Wildman–Crippen MR) is 87.4 cm³/mol. The SMILES string of the molecule is CCCCCNCC1CNCCNCCCNCCN1. The van der Waals surface area contributed by atoms with Crippen LogP contribution in [-0.2, 0) is 0 Å². The van der Waals surface area contributed by atoms with E-state index in [9.17, 15) is 0 Å². The van der Waals surface area contributed by atoms with E-state index in [4.69, 9.17) is 0 Å². The Bertz CT molecular complexity index is 187. The lowest BCUT2D eigenvalue weighted by atomic mass is 10.2. The highest BCUT2D eigenvalue weighted by atomic mass is 15.1. The van der Waals surface area contributed by atoms with Gasteiger partial charge in [-0.2, -0.15) is 0 Å². The summed E-state index contributed by atoms with van der Waals surface area (Å²) in [5.41, 5.74) is 0. The minimum atomic E-state index is 0.527. The van der Waals surface area contributed by atoms with Crippen LogP contribution in [0.3, 0.4) is 0 Å². The Morgan fingerprint density at radius 3 is 2.45 bits per heavy atom. The molecule has 0 aromatic heterocycles. The number of hydrogen-bond acceptors (Lipinski definition) is 5. The van der Waals surface area contributed by atoms with Gasteiger partial charge in [0.25, 0.3) is 0 Å². The smallest absolute Gasteiger partial charge is 0.0318 e. The lowest BCUT2D eigenvalue weighted by Crippen LogP contribution is -2.48. The summed E-state index contributed by atoms with van der Waals surface area (Å²) in [7, 11) is 0. The largest absolute Gasteiger partial charge is 0.315 e. The molecular weight excluding hydrogens is 250 g/mol. The quantitative estimate of drug-likeness (QED) is 0.441. The van der Waals surface area contributed by atoms with Crippen molar-refractivity contribution in [2.24, 2.45) is 0 Å². The van der Waals surface area contributed by atoms with E-state index in [1.807, 2.05) is 0 Å². The average molecular weight is 285 g/mol.